The number of nitrogen functional groups attached to an aromatic ring is 1. The first kappa shape index (κ1) is 15.5. The van der Waals surface area contributed by atoms with E-state index in [9.17, 15) is 0 Å². The monoisotopic (exact) mass is 350 g/mol. The van der Waals surface area contributed by atoms with Gasteiger partial charge in [-0.2, -0.15) is 0 Å². The van der Waals surface area contributed by atoms with Crippen LogP contribution in [0.2, 0.25) is 0 Å². The van der Waals surface area contributed by atoms with Crippen LogP contribution in [0.25, 0.3) is 0 Å². The van der Waals surface area contributed by atoms with Gasteiger partial charge < -0.3 is 20.5 Å². The van der Waals surface area contributed by atoms with Gasteiger partial charge in [-0.3, -0.25) is 0 Å². The molecule has 0 aliphatic heterocycles. The lowest BCUT2D eigenvalue weighted by Gasteiger charge is -2.16. The van der Waals surface area contributed by atoms with Crippen LogP contribution in [0, 0.1) is 0 Å². The molecule has 0 heterocycles. The zero-order valence-corrected chi connectivity index (χ0v) is 13.9. The summed E-state index contributed by atoms with van der Waals surface area (Å²) in [6.45, 7) is 3.94. The minimum absolute atomic E-state index is 0.0773. The zero-order valence-electron chi connectivity index (χ0n) is 12.3. The van der Waals surface area contributed by atoms with Crippen molar-refractivity contribution >= 4 is 33.0 Å². The molecule has 3 N–H and O–H groups in total. The van der Waals surface area contributed by atoms with Gasteiger partial charge in [-0.25, -0.2) is 0 Å². The van der Waals surface area contributed by atoms with E-state index in [1.165, 1.54) is 0 Å². The molecule has 0 fully saturated rings. The third-order valence-corrected chi connectivity index (χ3v) is 3.27. The van der Waals surface area contributed by atoms with Gasteiger partial charge in [0.2, 0.25) is 0 Å². The minimum Gasteiger partial charge on any atom is -0.497 e. The van der Waals surface area contributed by atoms with Crippen molar-refractivity contribution in [1.82, 2.24) is 0 Å². The van der Waals surface area contributed by atoms with Gasteiger partial charge in [-0.15, -0.1) is 0 Å². The quantitative estimate of drug-likeness (QED) is 0.775. The summed E-state index contributed by atoms with van der Waals surface area (Å²) in [6, 6.07) is 11.4. The lowest BCUT2D eigenvalue weighted by molar-refractivity contribution is 0.244. The van der Waals surface area contributed by atoms with Crippen molar-refractivity contribution in [3.8, 4) is 11.5 Å². The molecule has 0 aliphatic rings. The van der Waals surface area contributed by atoms with Gasteiger partial charge in [0.25, 0.3) is 0 Å². The molecule has 112 valence electrons. The van der Waals surface area contributed by atoms with E-state index in [4.69, 9.17) is 15.2 Å². The molecule has 0 saturated carbocycles. The standard InChI is InChI=1S/C16H19BrN2O2/c1-10(2)21-15-6-4-5-14(16(15)18)19-12-7-11(17)8-13(9-12)20-3/h4-10,19H,18H2,1-3H3. The molecule has 0 radical (unpaired) electrons. The molecule has 0 saturated heterocycles. The molecule has 0 amide bonds. The summed E-state index contributed by atoms with van der Waals surface area (Å²) in [5, 5.41) is 3.29. The maximum absolute atomic E-state index is 6.16. The number of nitrogens with one attached hydrogen (secondary N) is 1. The van der Waals surface area contributed by atoms with E-state index < -0.39 is 0 Å². The smallest absolute Gasteiger partial charge is 0.144 e. The maximum Gasteiger partial charge on any atom is 0.144 e. The summed E-state index contributed by atoms with van der Waals surface area (Å²) in [6.07, 6.45) is 0.0773. The fourth-order valence-corrected chi connectivity index (χ4v) is 2.39. The van der Waals surface area contributed by atoms with Crippen LogP contribution < -0.4 is 20.5 Å². The maximum atomic E-state index is 6.16. The molecule has 0 bridgehead atoms. The molecule has 4 nitrogen and oxygen atoms in total. The number of nitrogens with two attached hydrogens (primary N) is 1. The van der Waals surface area contributed by atoms with E-state index in [2.05, 4.69) is 21.2 Å². The second-order valence-corrected chi connectivity index (χ2v) is 5.80. The summed E-state index contributed by atoms with van der Waals surface area (Å²) in [4.78, 5) is 0. The molecule has 2 rings (SSSR count). The van der Waals surface area contributed by atoms with Gasteiger partial charge in [0, 0.05) is 16.2 Å². The second kappa shape index (κ2) is 6.72. The number of halogens is 1. The molecule has 0 aromatic heterocycles. The normalized spacial score (nSPS) is 10.5. The Labute approximate surface area is 133 Å². The Bertz CT molecular complexity index is 630. The Hall–Kier alpha value is -1.88. The lowest BCUT2D eigenvalue weighted by atomic mass is 10.2. The lowest BCUT2D eigenvalue weighted by Crippen LogP contribution is -2.08. The molecule has 0 aliphatic carbocycles. The number of anilines is 3. The molecule has 5 heteroatoms. The Morgan fingerprint density at radius 1 is 1.19 bits per heavy atom. The highest BCUT2D eigenvalue weighted by Crippen LogP contribution is 2.34. The van der Waals surface area contributed by atoms with Crippen LogP contribution >= 0.6 is 15.9 Å². The van der Waals surface area contributed by atoms with E-state index in [0.717, 1.165) is 21.6 Å². The van der Waals surface area contributed by atoms with Gasteiger partial charge >= 0.3 is 0 Å². The summed E-state index contributed by atoms with van der Waals surface area (Å²) in [7, 11) is 1.64. The zero-order chi connectivity index (χ0) is 15.4. The third kappa shape index (κ3) is 4.04. The summed E-state index contributed by atoms with van der Waals surface area (Å²) in [5.41, 5.74) is 8.43. The summed E-state index contributed by atoms with van der Waals surface area (Å²) < 4.78 is 11.9. The van der Waals surface area contributed by atoms with Crippen molar-refractivity contribution in [2.45, 2.75) is 20.0 Å². The Balaban J connectivity index is 2.29. The Morgan fingerprint density at radius 2 is 1.95 bits per heavy atom. The van der Waals surface area contributed by atoms with Gasteiger partial charge in [0.15, 0.2) is 0 Å². The molecule has 0 unspecified atom stereocenters. The highest BCUT2D eigenvalue weighted by atomic mass is 79.9. The van der Waals surface area contributed by atoms with Crippen LogP contribution in [-0.2, 0) is 0 Å². The van der Waals surface area contributed by atoms with E-state index in [-0.39, 0.29) is 6.10 Å². The fourth-order valence-electron chi connectivity index (χ4n) is 1.92. The highest BCUT2D eigenvalue weighted by Gasteiger charge is 2.08. The summed E-state index contributed by atoms with van der Waals surface area (Å²) in [5.74, 6) is 1.44. The van der Waals surface area contributed by atoms with Crippen LogP contribution in [0.4, 0.5) is 17.1 Å². The number of rotatable bonds is 5. The SMILES string of the molecule is COc1cc(Br)cc(Nc2cccc(OC(C)C)c2N)c1. The first-order valence-corrected chi connectivity index (χ1v) is 7.45. The van der Waals surface area contributed by atoms with Crippen molar-refractivity contribution in [2.75, 3.05) is 18.2 Å². The van der Waals surface area contributed by atoms with Crippen LogP contribution in [0.1, 0.15) is 13.8 Å². The largest absolute Gasteiger partial charge is 0.497 e. The van der Waals surface area contributed by atoms with Crippen molar-refractivity contribution in [1.29, 1.82) is 0 Å². The number of benzene rings is 2. The van der Waals surface area contributed by atoms with Gasteiger partial charge in [0.05, 0.1) is 24.6 Å². The number of hydrogen-bond acceptors (Lipinski definition) is 4. The number of ether oxygens (including phenoxy) is 2. The van der Waals surface area contributed by atoms with Gasteiger partial charge in [-0.1, -0.05) is 22.0 Å². The van der Waals surface area contributed by atoms with Crippen LogP contribution in [0.3, 0.4) is 0 Å². The van der Waals surface area contributed by atoms with E-state index in [1.54, 1.807) is 7.11 Å². The predicted molar refractivity (Wildman–Crippen MR) is 90.6 cm³/mol. The van der Waals surface area contributed by atoms with Gasteiger partial charge in [0.1, 0.15) is 11.5 Å². The van der Waals surface area contributed by atoms with E-state index >= 15 is 0 Å². The second-order valence-electron chi connectivity index (χ2n) is 4.89. The molecule has 2 aromatic carbocycles. The predicted octanol–water partition coefficient (Wildman–Crippen LogP) is 4.57. The van der Waals surface area contributed by atoms with Gasteiger partial charge in [-0.05, 0) is 38.1 Å². The van der Waals surface area contributed by atoms with Crippen LogP contribution in [0.15, 0.2) is 40.9 Å². The first-order chi connectivity index (χ1) is 9.99. The fraction of sp³-hybridized carbons (Fsp3) is 0.250. The van der Waals surface area contributed by atoms with Crippen LogP contribution in [0.5, 0.6) is 11.5 Å². The molecular formula is C16H19BrN2O2. The first-order valence-electron chi connectivity index (χ1n) is 6.66. The van der Waals surface area contributed by atoms with Crippen molar-refractivity contribution in [2.24, 2.45) is 0 Å². The average Bonchev–Trinajstić information content (AvgIpc) is 2.42. The van der Waals surface area contributed by atoms with E-state index in [1.807, 2.05) is 50.2 Å². The summed E-state index contributed by atoms with van der Waals surface area (Å²) >= 11 is 3.46. The Kier molecular flexibility index (Phi) is 4.96. The highest BCUT2D eigenvalue weighted by molar-refractivity contribution is 9.10. The van der Waals surface area contributed by atoms with Crippen molar-refractivity contribution in [3.63, 3.8) is 0 Å². The minimum atomic E-state index is 0.0773. The third-order valence-electron chi connectivity index (χ3n) is 2.81. The molecule has 0 spiro atoms. The number of methoxy groups -OCH3 is 1. The molecule has 0 atom stereocenters. The van der Waals surface area contributed by atoms with E-state index in [0.29, 0.717) is 11.4 Å². The molecule has 2 aromatic rings. The van der Waals surface area contributed by atoms with Crippen molar-refractivity contribution < 1.29 is 9.47 Å². The van der Waals surface area contributed by atoms with Crippen molar-refractivity contribution in [3.05, 3.63) is 40.9 Å². The average molecular weight is 351 g/mol. The van der Waals surface area contributed by atoms with Crippen LogP contribution in [-0.4, -0.2) is 13.2 Å². The Morgan fingerprint density at radius 3 is 2.62 bits per heavy atom. The number of hydrogen-bond donors (Lipinski definition) is 2. The topological polar surface area (TPSA) is 56.5 Å². The molecule has 21 heavy (non-hydrogen) atoms. The molecular weight excluding hydrogens is 332 g/mol. The number of para-hydroxylation sites is 1.